The van der Waals surface area contributed by atoms with Crippen molar-refractivity contribution in [2.45, 2.75) is 20.8 Å². The van der Waals surface area contributed by atoms with E-state index in [1.165, 1.54) is 31.2 Å². The van der Waals surface area contributed by atoms with Gasteiger partial charge in [0.25, 0.3) is 5.91 Å². The standard InChI is InChI=1S/C20H20N2O5S/c1-13(23)15-5-4-6-16(11-15)21-18(24)14-7-9-17(10-8-14)22-19(25)20(2,3)12-28(22,26)27/h4-11H,12H2,1-3H3,(H,21,24). The molecule has 0 unspecified atom stereocenters. The maximum atomic E-state index is 12.4. The van der Waals surface area contributed by atoms with Crippen LogP contribution in [0, 0.1) is 5.41 Å². The minimum absolute atomic E-state index is 0.111. The van der Waals surface area contributed by atoms with Gasteiger partial charge >= 0.3 is 0 Å². The highest BCUT2D eigenvalue weighted by Gasteiger charge is 2.49. The molecule has 2 aromatic carbocycles. The summed E-state index contributed by atoms with van der Waals surface area (Å²) in [6.45, 7) is 4.61. The number of hydrogen-bond donors (Lipinski definition) is 1. The first kappa shape index (κ1) is 19.8. The first-order valence-corrected chi connectivity index (χ1v) is 10.2. The number of sulfonamides is 1. The largest absolute Gasteiger partial charge is 0.322 e. The number of rotatable bonds is 4. The molecule has 1 N–H and O–H groups in total. The molecule has 1 aliphatic rings. The number of carbonyl (C=O) groups excluding carboxylic acids is 3. The summed E-state index contributed by atoms with van der Waals surface area (Å²) in [6.07, 6.45) is 0. The number of nitrogens with zero attached hydrogens (tertiary/aromatic N) is 1. The lowest BCUT2D eigenvalue weighted by molar-refractivity contribution is -0.123. The van der Waals surface area contributed by atoms with E-state index in [-0.39, 0.29) is 17.2 Å². The topological polar surface area (TPSA) is 101 Å². The van der Waals surface area contributed by atoms with Gasteiger partial charge in [0, 0.05) is 16.8 Å². The molecule has 3 rings (SSSR count). The number of benzene rings is 2. The highest BCUT2D eigenvalue weighted by atomic mass is 32.2. The highest BCUT2D eigenvalue weighted by Crippen LogP contribution is 2.35. The summed E-state index contributed by atoms with van der Waals surface area (Å²) >= 11 is 0. The average Bonchev–Trinajstić information content (AvgIpc) is 2.78. The van der Waals surface area contributed by atoms with Gasteiger partial charge in [-0.1, -0.05) is 12.1 Å². The number of hydrogen-bond acceptors (Lipinski definition) is 5. The van der Waals surface area contributed by atoms with Crippen LogP contribution < -0.4 is 9.62 Å². The molecule has 1 heterocycles. The Morgan fingerprint density at radius 3 is 2.21 bits per heavy atom. The fourth-order valence-electron chi connectivity index (χ4n) is 3.03. The summed E-state index contributed by atoms with van der Waals surface area (Å²) in [7, 11) is -3.74. The molecule has 2 amide bonds. The third kappa shape index (κ3) is 3.68. The molecule has 0 spiro atoms. The van der Waals surface area contributed by atoms with E-state index in [1.807, 2.05) is 0 Å². The SMILES string of the molecule is CC(=O)c1cccc(NC(=O)c2ccc(N3C(=O)C(C)(C)CS3(=O)=O)cc2)c1. The van der Waals surface area contributed by atoms with Gasteiger partial charge in [-0.25, -0.2) is 12.7 Å². The molecule has 7 nitrogen and oxygen atoms in total. The summed E-state index contributed by atoms with van der Waals surface area (Å²) in [6, 6.07) is 12.3. The van der Waals surface area contributed by atoms with E-state index in [0.29, 0.717) is 16.8 Å². The maximum Gasteiger partial charge on any atom is 0.255 e. The number of ketones is 1. The Balaban J connectivity index is 1.81. The van der Waals surface area contributed by atoms with Gasteiger partial charge in [-0.3, -0.25) is 14.4 Å². The molecule has 0 bridgehead atoms. The van der Waals surface area contributed by atoms with Gasteiger partial charge in [0.05, 0.1) is 16.9 Å². The molecular formula is C20H20N2O5S. The number of amides is 2. The molecule has 1 fully saturated rings. The molecule has 2 aromatic rings. The summed E-state index contributed by atoms with van der Waals surface area (Å²) in [5.74, 6) is -1.28. The molecule has 1 saturated heterocycles. The molecule has 0 aromatic heterocycles. The van der Waals surface area contributed by atoms with Crippen LogP contribution in [-0.4, -0.2) is 31.8 Å². The smallest absolute Gasteiger partial charge is 0.255 e. The quantitative estimate of drug-likeness (QED) is 0.796. The zero-order valence-corrected chi connectivity index (χ0v) is 16.5. The van der Waals surface area contributed by atoms with Gasteiger partial charge in [0.2, 0.25) is 15.9 Å². The van der Waals surface area contributed by atoms with Crippen molar-refractivity contribution in [2.24, 2.45) is 5.41 Å². The third-order valence-corrected chi connectivity index (χ3v) is 6.50. The first-order chi connectivity index (χ1) is 13.0. The molecule has 0 atom stereocenters. The number of anilines is 2. The Labute approximate surface area is 163 Å². The second-order valence-electron chi connectivity index (χ2n) is 7.35. The lowest BCUT2D eigenvalue weighted by Gasteiger charge is -2.17. The predicted molar refractivity (Wildman–Crippen MR) is 106 cm³/mol. The van der Waals surface area contributed by atoms with Crippen LogP contribution in [0.4, 0.5) is 11.4 Å². The number of Topliss-reactive ketones (excluding diaryl/α,β-unsaturated/α-hetero) is 1. The van der Waals surface area contributed by atoms with Gasteiger partial charge in [-0.2, -0.15) is 0 Å². The monoisotopic (exact) mass is 400 g/mol. The van der Waals surface area contributed by atoms with E-state index < -0.39 is 27.3 Å². The molecule has 146 valence electrons. The average molecular weight is 400 g/mol. The van der Waals surface area contributed by atoms with Crippen molar-refractivity contribution in [1.82, 2.24) is 0 Å². The van der Waals surface area contributed by atoms with Crippen molar-refractivity contribution in [3.05, 3.63) is 59.7 Å². The summed E-state index contributed by atoms with van der Waals surface area (Å²) in [5, 5.41) is 2.69. The Hall–Kier alpha value is -3.00. The van der Waals surface area contributed by atoms with E-state index in [0.717, 1.165) is 4.31 Å². The minimum atomic E-state index is -3.74. The van der Waals surface area contributed by atoms with Crippen LogP contribution in [0.3, 0.4) is 0 Å². The lowest BCUT2D eigenvalue weighted by Crippen LogP contribution is -2.32. The first-order valence-electron chi connectivity index (χ1n) is 8.61. The maximum absolute atomic E-state index is 12.4. The van der Waals surface area contributed by atoms with Crippen LogP contribution in [0.15, 0.2) is 48.5 Å². The molecule has 1 aliphatic heterocycles. The van der Waals surface area contributed by atoms with Crippen LogP contribution in [0.2, 0.25) is 0 Å². The normalized spacial score (nSPS) is 17.4. The number of nitrogens with one attached hydrogen (secondary N) is 1. The van der Waals surface area contributed by atoms with E-state index in [2.05, 4.69) is 5.32 Å². The third-order valence-electron chi connectivity index (χ3n) is 4.48. The van der Waals surface area contributed by atoms with Gasteiger partial charge in [0.1, 0.15) is 0 Å². The molecule has 28 heavy (non-hydrogen) atoms. The van der Waals surface area contributed by atoms with E-state index in [1.54, 1.807) is 38.1 Å². The van der Waals surface area contributed by atoms with Gasteiger partial charge in [-0.15, -0.1) is 0 Å². The fourth-order valence-corrected chi connectivity index (χ4v) is 5.14. The molecule has 8 heteroatoms. The summed E-state index contributed by atoms with van der Waals surface area (Å²) < 4.78 is 25.5. The van der Waals surface area contributed by atoms with Gasteiger partial charge in [-0.05, 0) is 57.2 Å². The zero-order chi connectivity index (χ0) is 20.7. The fraction of sp³-hybridized carbons (Fsp3) is 0.250. The van der Waals surface area contributed by atoms with Crippen molar-refractivity contribution in [2.75, 3.05) is 15.4 Å². The zero-order valence-electron chi connectivity index (χ0n) is 15.7. The van der Waals surface area contributed by atoms with Crippen LogP contribution in [0.25, 0.3) is 0 Å². The molecule has 0 radical (unpaired) electrons. The van der Waals surface area contributed by atoms with Crippen molar-refractivity contribution in [3.8, 4) is 0 Å². The lowest BCUT2D eigenvalue weighted by atomic mass is 9.95. The second kappa shape index (κ2) is 6.87. The van der Waals surface area contributed by atoms with Crippen molar-refractivity contribution in [1.29, 1.82) is 0 Å². The van der Waals surface area contributed by atoms with Gasteiger partial charge < -0.3 is 5.32 Å². The second-order valence-corrected chi connectivity index (χ2v) is 9.17. The van der Waals surface area contributed by atoms with Crippen LogP contribution in [0.5, 0.6) is 0 Å². The van der Waals surface area contributed by atoms with E-state index in [9.17, 15) is 22.8 Å². The van der Waals surface area contributed by atoms with Crippen molar-refractivity contribution >= 4 is 39.0 Å². The summed E-state index contributed by atoms with van der Waals surface area (Å²) in [4.78, 5) is 36.3. The van der Waals surface area contributed by atoms with E-state index >= 15 is 0 Å². The van der Waals surface area contributed by atoms with Gasteiger partial charge in [0.15, 0.2) is 5.78 Å². The summed E-state index contributed by atoms with van der Waals surface area (Å²) in [5.41, 5.74) is 0.455. The molecule has 0 saturated carbocycles. The highest BCUT2D eigenvalue weighted by molar-refractivity contribution is 7.94. The van der Waals surface area contributed by atoms with Crippen LogP contribution >= 0.6 is 0 Å². The van der Waals surface area contributed by atoms with E-state index in [4.69, 9.17) is 0 Å². The Morgan fingerprint density at radius 1 is 1.04 bits per heavy atom. The predicted octanol–water partition coefficient (Wildman–Crippen LogP) is 2.84. The Kier molecular flexibility index (Phi) is 4.84. The molecule has 0 aliphatic carbocycles. The van der Waals surface area contributed by atoms with Crippen molar-refractivity contribution in [3.63, 3.8) is 0 Å². The minimum Gasteiger partial charge on any atom is -0.322 e. The van der Waals surface area contributed by atoms with Crippen LogP contribution in [-0.2, 0) is 14.8 Å². The van der Waals surface area contributed by atoms with Crippen LogP contribution in [0.1, 0.15) is 41.5 Å². The Morgan fingerprint density at radius 2 is 1.68 bits per heavy atom. The van der Waals surface area contributed by atoms with Crippen molar-refractivity contribution < 1.29 is 22.8 Å². The number of carbonyl (C=O) groups is 3. The molecular weight excluding hydrogens is 380 g/mol. The Bertz CT molecular complexity index is 1070.